The molecule has 1 heterocycles. The fourth-order valence-corrected chi connectivity index (χ4v) is 1.03. The van der Waals surface area contributed by atoms with Crippen LogP contribution in [-0.2, 0) is 0 Å². The van der Waals surface area contributed by atoms with Gasteiger partial charge in [0.15, 0.2) is 11.0 Å². The fraction of sp³-hybridized carbons (Fsp3) is 0.375. The van der Waals surface area contributed by atoms with E-state index < -0.39 is 0 Å². The Balaban J connectivity index is 2.77. The van der Waals surface area contributed by atoms with Crippen molar-refractivity contribution in [3.8, 4) is 0 Å². The van der Waals surface area contributed by atoms with Crippen molar-refractivity contribution in [2.45, 2.75) is 5.16 Å². The van der Waals surface area contributed by atoms with Gasteiger partial charge >= 0.3 is 0 Å². The van der Waals surface area contributed by atoms with E-state index in [1.807, 2.05) is 25.3 Å². The molecule has 4 nitrogen and oxygen atoms in total. The monoisotopic (exact) mass is 196 g/mol. The van der Waals surface area contributed by atoms with Crippen molar-refractivity contribution >= 4 is 23.9 Å². The molecule has 0 atom stereocenters. The summed E-state index contributed by atoms with van der Waals surface area (Å²) in [4.78, 5) is 14.3. The number of hydrogen-bond acceptors (Lipinski definition) is 4. The highest BCUT2D eigenvalue weighted by atomic mass is 32.2. The second-order valence-electron chi connectivity index (χ2n) is 2.61. The van der Waals surface area contributed by atoms with Crippen LogP contribution >= 0.6 is 11.8 Å². The van der Waals surface area contributed by atoms with Gasteiger partial charge in [-0.1, -0.05) is 11.8 Å². The molecule has 0 N–H and O–H groups in total. The highest BCUT2D eigenvalue weighted by Gasteiger charge is 1.94. The van der Waals surface area contributed by atoms with E-state index in [-0.39, 0.29) is 0 Å². The molecule has 13 heavy (non-hydrogen) atoms. The lowest BCUT2D eigenvalue weighted by Gasteiger charge is -2.01. The molecule has 0 aromatic carbocycles. The van der Waals surface area contributed by atoms with Gasteiger partial charge in [-0.25, -0.2) is 15.0 Å². The molecule has 0 saturated heterocycles. The van der Waals surface area contributed by atoms with Crippen LogP contribution in [0, 0.1) is 0 Å². The molecule has 0 aliphatic rings. The molecule has 0 bridgehead atoms. The molecule has 1 aromatic rings. The van der Waals surface area contributed by atoms with E-state index in [1.54, 1.807) is 18.6 Å². The SMILES string of the molecule is CSc1nccc(N=CN(C)C)n1. The number of aliphatic imine (C=N–C) groups is 1. The number of thioether (sulfide) groups is 1. The average molecular weight is 196 g/mol. The Morgan fingerprint density at radius 1 is 1.54 bits per heavy atom. The minimum atomic E-state index is 0.688. The number of aromatic nitrogens is 2. The highest BCUT2D eigenvalue weighted by Crippen LogP contribution is 2.12. The third-order valence-electron chi connectivity index (χ3n) is 1.22. The van der Waals surface area contributed by atoms with Crippen LogP contribution in [0.2, 0.25) is 0 Å². The van der Waals surface area contributed by atoms with Gasteiger partial charge in [-0.15, -0.1) is 0 Å². The van der Waals surface area contributed by atoms with Crippen molar-refractivity contribution in [3.05, 3.63) is 12.3 Å². The van der Waals surface area contributed by atoms with Crippen molar-refractivity contribution in [1.29, 1.82) is 0 Å². The first kappa shape index (κ1) is 9.98. The smallest absolute Gasteiger partial charge is 0.189 e. The molecule has 1 rings (SSSR count). The van der Waals surface area contributed by atoms with Crippen LogP contribution in [-0.4, -0.2) is 41.6 Å². The lowest BCUT2D eigenvalue weighted by molar-refractivity contribution is 0.642. The molecule has 0 amide bonds. The van der Waals surface area contributed by atoms with Gasteiger partial charge in [-0.05, 0) is 6.26 Å². The minimum Gasteiger partial charge on any atom is -0.369 e. The third kappa shape index (κ3) is 3.42. The van der Waals surface area contributed by atoms with Crippen LogP contribution in [0.4, 0.5) is 5.82 Å². The number of rotatable bonds is 3. The Bertz CT molecular complexity index is 298. The molecule has 0 unspecified atom stereocenters. The van der Waals surface area contributed by atoms with Crippen molar-refractivity contribution in [1.82, 2.24) is 14.9 Å². The molecule has 0 aliphatic carbocycles. The van der Waals surface area contributed by atoms with Crippen LogP contribution in [0.1, 0.15) is 0 Å². The van der Waals surface area contributed by atoms with Gasteiger partial charge in [-0.2, -0.15) is 0 Å². The van der Waals surface area contributed by atoms with E-state index in [4.69, 9.17) is 0 Å². The molecule has 1 aromatic heterocycles. The summed E-state index contributed by atoms with van der Waals surface area (Å²) in [6.45, 7) is 0. The molecule has 5 heteroatoms. The Morgan fingerprint density at radius 2 is 2.31 bits per heavy atom. The first-order chi connectivity index (χ1) is 6.22. The maximum atomic E-state index is 4.19. The Kier molecular flexibility index (Phi) is 3.70. The largest absolute Gasteiger partial charge is 0.369 e. The first-order valence-electron chi connectivity index (χ1n) is 3.80. The van der Waals surface area contributed by atoms with E-state index in [9.17, 15) is 0 Å². The van der Waals surface area contributed by atoms with Crippen molar-refractivity contribution in [2.75, 3.05) is 20.4 Å². The van der Waals surface area contributed by atoms with Gasteiger partial charge in [-0.3, -0.25) is 0 Å². The Hall–Kier alpha value is -1.10. The molecular formula is C8H12N4S. The summed E-state index contributed by atoms with van der Waals surface area (Å²) in [5.41, 5.74) is 0. The summed E-state index contributed by atoms with van der Waals surface area (Å²) in [6.07, 6.45) is 5.36. The van der Waals surface area contributed by atoms with Crippen LogP contribution in [0.25, 0.3) is 0 Å². The van der Waals surface area contributed by atoms with Crippen LogP contribution in [0.3, 0.4) is 0 Å². The number of nitrogens with zero attached hydrogens (tertiary/aromatic N) is 4. The van der Waals surface area contributed by atoms with Crippen molar-refractivity contribution < 1.29 is 0 Å². The maximum absolute atomic E-state index is 4.19. The quantitative estimate of drug-likeness (QED) is 0.317. The Labute approximate surface area is 82.1 Å². The van der Waals surface area contributed by atoms with Gasteiger partial charge < -0.3 is 4.90 Å². The predicted octanol–water partition coefficient (Wildman–Crippen LogP) is 1.42. The third-order valence-corrected chi connectivity index (χ3v) is 1.78. The molecule has 70 valence electrons. The molecular weight excluding hydrogens is 184 g/mol. The lowest BCUT2D eigenvalue weighted by atomic mass is 10.6. The van der Waals surface area contributed by atoms with E-state index in [1.165, 1.54) is 11.8 Å². The molecule has 0 spiro atoms. The highest BCUT2D eigenvalue weighted by molar-refractivity contribution is 7.98. The molecule has 0 aliphatic heterocycles. The summed E-state index contributed by atoms with van der Waals surface area (Å²) in [5.74, 6) is 0.688. The summed E-state index contributed by atoms with van der Waals surface area (Å²) >= 11 is 1.51. The number of hydrogen-bond donors (Lipinski definition) is 0. The van der Waals surface area contributed by atoms with Gasteiger partial charge in [0.2, 0.25) is 0 Å². The summed E-state index contributed by atoms with van der Waals surface area (Å²) in [5, 5.41) is 0.744. The second-order valence-corrected chi connectivity index (χ2v) is 3.38. The Morgan fingerprint density at radius 3 is 2.92 bits per heavy atom. The maximum Gasteiger partial charge on any atom is 0.189 e. The van der Waals surface area contributed by atoms with E-state index in [0.29, 0.717) is 5.82 Å². The fourth-order valence-electron chi connectivity index (χ4n) is 0.677. The van der Waals surface area contributed by atoms with Crippen molar-refractivity contribution in [2.24, 2.45) is 4.99 Å². The topological polar surface area (TPSA) is 41.4 Å². The average Bonchev–Trinajstić information content (AvgIpc) is 2.15. The van der Waals surface area contributed by atoms with E-state index in [0.717, 1.165) is 5.16 Å². The van der Waals surface area contributed by atoms with Crippen LogP contribution < -0.4 is 0 Å². The second kappa shape index (κ2) is 4.81. The van der Waals surface area contributed by atoms with Gasteiger partial charge in [0.25, 0.3) is 0 Å². The van der Waals surface area contributed by atoms with Gasteiger partial charge in [0.05, 0.1) is 6.34 Å². The molecule has 0 radical (unpaired) electrons. The molecule has 0 fully saturated rings. The van der Waals surface area contributed by atoms with E-state index >= 15 is 0 Å². The zero-order chi connectivity index (χ0) is 9.68. The zero-order valence-electron chi connectivity index (χ0n) is 7.93. The van der Waals surface area contributed by atoms with Gasteiger partial charge in [0, 0.05) is 26.4 Å². The van der Waals surface area contributed by atoms with Crippen molar-refractivity contribution in [3.63, 3.8) is 0 Å². The summed E-state index contributed by atoms with van der Waals surface area (Å²) < 4.78 is 0. The zero-order valence-corrected chi connectivity index (χ0v) is 8.75. The normalized spacial score (nSPS) is 10.7. The lowest BCUT2D eigenvalue weighted by Crippen LogP contribution is -2.07. The standard InChI is InChI=1S/C8H12N4S/c1-12(2)6-10-7-4-5-9-8(11-7)13-3/h4-6H,1-3H3. The van der Waals surface area contributed by atoms with Crippen LogP contribution in [0.15, 0.2) is 22.4 Å². The van der Waals surface area contributed by atoms with Crippen LogP contribution in [0.5, 0.6) is 0 Å². The van der Waals surface area contributed by atoms with E-state index in [2.05, 4.69) is 15.0 Å². The molecule has 0 saturated carbocycles. The summed E-state index contributed by atoms with van der Waals surface area (Å²) in [6, 6.07) is 1.78. The van der Waals surface area contributed by atoms with Gasteiger partial charge in [0.1, 0.15) is 0 Å². The summed E-state index contributed by atoms with van der Waals surface area (Å²) in [7, 11) is 3.83. The predicted molar refractivity (Wildman–Crippen MR) is 55.7 cm³/mol. The minimum absolute atomic E-state index is 0.688. The first-order valence-corrected chi connectivity index (χ1v) is 5.02.